The van der Waals surface area contributed by atoms with E-state index in [1.54, 1.807) is 0 Å². The van der Waals surface area contributed by atoms with Crippen LogP contribution in [-0.2, 0) is 6.42 Å². The highest BCUT2D eigenvalue weighted by Crippen LogP contribution is 2.18. The number of aliphatic hydroxyl groups is 1. The third-order valence-corrected chi connectivity index (χ3v) is 4.91. The highest BCUT2D eigenvalue weighted by molar-refractivity contribution is 5.17. The summed E-state index contributed by atoms with van der Waals surface area (Å²) in [4.78, 5) is 9.00. The third kappa shape index (κ3) is 4.63. The predicted octanol–water partition coefficient (Wildman–Crippen LogP) is 2.36. The zero-order valence-corrected chi connectivity index (χ0v) is 14.4. The van der Waals surface area contributed by atoms with Gasteiger partial charge in [0.15, 0.2) is 0 Å². The Morgan fingerprint density at radius 2 is 1.88 bits per heavy atom. The van der Waals surface area contributed by atoms with E-state index in [-0.39, 0.29) is 0 Å². The maximum atomic E-state index is 10.4. The Balaban J connectivity index is 1.46. The molecule has 1 fully saturated rings. The predicted molar refractivity (Wildman–Crippen MR) is 96.8 cm³/mol. The molecule has 1 aromatic heterocycles. The molecule has 3 rings (SSSR count). The molecule has 4 heteroatoms. The number of nitrogens with zero attached hydrogens (tertiary/aromatic N) is 3. The number of hydrogen-bond donors (Lipinski definition) is 1. The summed E-state index contributed by atoms with van der Waals surface area (Å²) in [5, 5.41) is 10.4. The molecule has 128 valence electrons. The van der Waals surface area contributed by atoms with Crippen molar-refractivity contribution in [2.24, 2.45) is 0 Å². The van der Waals surface area contributed by atoms with E-state index in [0.717, 1.165) is 38.2 Å². The van der Waals surface area contributed by atoms with Gasteiger partial charge in [0.05, 0.1) is 6.10 Å². The van der Waals surface area contributed by atoms with Crippen LogP contribution in [-0.4, -0.2) is 58.7 Å². The van der Waals surface area contributed by atoms with Crippen molar-refractivity contribution < 1.29 is 5.11 Å². The fraction of sp³-hybridized carbons (Fsp3) is 0.450. The standard InChI is InChI=1S/C20H27N3O/c1-17-15-22(12-9-18-7-10-21-11-8-18)13-14-23(17)16-20(24)19-5-3-2-4-6-19/h2-8,10-11,17,20,24H,9,12-16H2,1H3/t17-,20-/m0/s1. The van der Waals surface area contributed by atoms with Crippen molar-refractivity contribution in [1.29, 1.82) is 0 Å². The lowest BCUT2D eigenvalue weighted by Gasteiger charge is -2.40. The van der Waals surface area contributed by atoms with Gasteiger partial charge in [0, 0.05) is 51.2 Å². The Labute approximate surface area is 144 Å². The minimum Gasteiger partial charge on any atom is -0.387 e. The lowest BCUT2D eigenvalue weighted by atomic mass is 10.1. The minimum atomic E-state index is -0.406. The molecule has 1 aromatic carbocycles. The van der Waals surface area contributed by atoms with E-state index < -0.39 is 6.10 Å². The van der Waals surface area contributed by atoms with E-state index in [0.29, 0.717) is 12.6 Å². The van der Waals surface area contributed by atoms with Crippen molar-refractivity contribution in [1.82, 2.24) is 14.8 Å². The molecule has 24 heavy (non-hydrogen) atoms. The lowest BCUT2D eigenvalue weighted by molar-refractivity contribution is 0.0393. The smallest absolute Gasteiger partial charge is 0.0917 e. The van der Waals surface area contributed by atoms with Crippen LogP contribution in [0.15, 0.2) is 54.9 Å². The first-order valence-corrected chi connectivity index (χ1v) is 8.80. The van der Waals surface area contributed by atoms with Gasteiger partial charge in [-0.25, -0.2) is 0 Å². The normalized spacial score (nSPS) is 20.8. The van der Waals surface area contributed by atoms with Gasteiger partial charge in [0.25, 0.3) is 0 Å². The van der Waals surface area contributed by atoms with Gasteiger partial charge >= 0.3 is 0 Å². The largest absolute Gasteiger partial charge is 0.387 e. The number of rotatable bonds is 6. The molecule has 1 N–H and O–H groups in total. The van der Waals surface area contributed by atoms with Gasteiger partial charge in [0.2, 0.25) is 0 Å². The van der Waals surface area contributed by atoms with Crippen LogP contribution in [0.3, 0.4) is 0 Å². The number of β-amino-alcohol motifs (C(OH)–C–C–N with tert-alkyl or cyclic N) is 1. The molecule has 2 aromatic rings. The molecule has 0 amide bonds. The zero-order valence-electron chi connectivity index (χ0n) is 14.4. The van der Waals surface area contributed by atoms with Gasteiger partial charge in [-0.2, -0.15) is 0 Å². The molecule has 2 heterocycles. The molecule has 4 nitrogen and oxygen atoms in total. The maximum Gasteiger partial charge on any atom is 0.0917 e. The second-order valence-electron chi connectivity index (χ2n) is 6.68. The van der Waals surface area contributed by atoms with Crippen LogP contribution < -0.4 is 0 Å². The van der Waals surface area contributed by atoms with Gasteiger partial charge in [-0.3, -0.25) is 9.88 Å². The molecular weight excluding hydrogens is 298 g/mol. The van der Waals surface area contributed by atoms with Crippen molar-refractivity contribution in [3.8, 4) is 0 Å². The molecule has 1 saturated heterocycles. The molecule has 2 atom stereocenters. The summed E-state index contributed by atoms with van der Waals surface area (Å²) in [5.41, 5.74) is 2.35. The Morgan fingerprint density at radius 3 is 2.58 bits per heavy atom. The first-order chi connectivity index (χ1) is 11.7. The van der Waals surface area contributed by atoms with Crippen molar-refractivity contribution in [2.45, 2.75) is 25.5 Å². The highest BCUT2D eigenvalue weighted by Gasteiger charge is 2.25. The molecule has 1 aliphatic heterocycles. The number of pyridine rings is 1. The number of aliphatic hydroxyl groups excluding tert-OH is 1. The molecule has 0 unspecified atom stereocenters. The second-order valence-corrected chi connectivity index (χ2v) is 6.68. The minimum absolute atomic E-state index is 0.406. The molecule has 0 spiro atoms. The van der Waals surface area contributed by atoms with E-state index in [9.17, 15) is 5.11 Å². The lowest BCUT2D eigenvalue weighted by Crippen LogP contribution is -2.53. The zero-order chi connectivity index (χ0) is 16.8. The summed E-state index contributed by atoms with van der Waals surface area (Å²) in [6.07, 6.45) is 4.39. The summed E-state index contributed by atoms with van der Waals surface area (Å²) in [7, 11) is 0. The van der Waals surface area contributed by atoms with Crippen LogP contribution >= 0.6 is 0 Å². The molecule has 1 aliphatic rings. The molecule has 0 bridgehead atoms. The molecule has 0 radical (unpaired) electrons. The maximum absolute atomic E-state index is 10.4. The Hall–Kier alpha value is -1.75. The summed E-state index contributed by atoms with van der Waals surface area (Å²) in [6.45, 7) is 7.20. The van der Waals surface area contributed by atoms with E-state index >= 15 is 0 Å². The van der Waals surface area contributed by atoms with Crippen LogP contribution in [0.1, 0.15) is 24.2 Å². The van der Waals surface area contributed by atoms with Gasteiger partial charge in [-0.1, -0.05) is 30.3 Å². The van der Waals surface area contributed by atoms with E-state index in [2.05, 4.69) is 33.8 Å². The number of piperazine rings is 1. The van der Waals surface area contributed by atoms with Crippen molar-refractivity contribution in [3.05, 3.63) is 66.0 Å². The fourth-order valence-corrected chi connectivity index (χ4v) is 3.38. The first-order valence-electron chi connectivity index (χ1n) is 8.80. The third-order valence-electron chi connectivity index (χ3n) is 4.91. The van der Waals surface area contributed by atoms with Crippen molar-refractivity contribution >= 4 is 0 Å². The summed E-state index contributed by atoms with van der Waals surface area (Å²) in [5.74, 6) is 0. The van der Waals surface area contributed by atoms with Gasteiger partial charge in [0.1, 0.15) is 0 Å². The fourth-order valence-electron chi connectivity index (χ4n) is 3.38. The van der Waals surface area contributed by atoms with Crippen LogP contribution in [0.4, 0.5) is 0 Å². The van der Waals surface area contributed by atoms with Crippen molar-refractivity contribution in [3.63, 3.8) is 0 Å². The average Bonchev–Trinajstić information content (AvgIpc) is 2.63. The van der Waals surface area contributed by atoms with Crippen LogP contribution in [0.25, 0.3) is 0 Å². The van der Waals surface area contributed by atoms with E-state index in [1.807, 2.05) is 42.7 Å². The second kappa shape index (κ2) is 8.38. The number of aromatic nitrogens is 1. The average molecular weight is 325 g/mol. The van der Waals surface area contributed by atoms with Gasteiger partial charge in [-0.05, 0) is 36.6 Å². The van der Waals surface area contributed by atoms with Crippen LogP contribution in [0.5, 0.6) is 0 Å². The Kier molecular flexibility index (Phi) is 5.96. The SMILES string of the molecule is C[C@H]1CN(CCc2ccncc2)CCN1C[C@H](O)c1ccccc1. The van der Waals surface area contributed by atoms with Crippen molar-refractivity contribution in [2.75, 3.05) is 32.7 Å². The molecule has 0 saturated carbocycles. The number of benzene rings is 1. The molecule has 0 aliphatic carbocycles. The quantitative estimate of drug-likeness (QED) is 0.885. The monoisotopic (exact) mass is 325 g/mol. The van der Waals surface area contributed by atoms with Gasteiger partial charge < -0.3 is 10.0 Å². The summed E-state index contributed by atoms with van der Waals surface area (Å²) < 4.78 is 0. The topological polar surface area (TPSA) is 39.6 Å². The summed E-state index contributed by atoms with van der Waals surface area (Å²) in [6, 6.07) is 14.6. The summed E-state index contributed by atoms with van der Waals surface area (Å²) >= 11 is 0. The van der Waals surface area contributed by atoms with Crippen LogP contribution in [0.2, 0.25) is 0 Å². The number of hydrogen-bond acceptors (Lipinski definition) is 4. The van der Waals surface area contributed by atoms with Gasteiger partial charge in [-0.15, -0.1) is 0 Å². The highest BCUT2D eigenvalue weighted by atomic mass is 16.3. The van der Waals surface area contributed by atoms with E-state index in [4.69, 9.17) is 0 Å². The van der Waals surface area contributed by atoms with Crippen LogP contribution in [0, 0.1) is 0 Å². The molecular formula is C20H27N3O. The van der Waals surface area contributed by atoms with E-state index in [1.165, 1.54) is 5.56 Å². The Morgan fingerprint density at radius 1 is 1.12 bits per heavy atom. The Bertz CT molecular complexity index is 605. The first kappa shape index (κ1) is 17.1.